The highest BCUT2D eigenvalue weighted by molar-refractivity contribution is 5.58. The first kappa shape index (κ1) is 15.0. The topological polar surface area (TPSA) is 56.7 Å². The van der Waals surface area contributed by atoms with Crippen LogP contribution in [-0.4, -0.2) is 19.7 Å². The molecule has 0 aliphatic rings. The number of rotatable bonds is 7. The van der Waals surface area contributed by atoms with Crippen molar-refractivity contribution in [3.8, 4) is 29.4 Å². The Kier molecular flexibility index (Phi) is 4.85. The first-order chi connectivity index (χ1) is 11.4. The molecular formula is C18H18N4O. The van der Waals surface area contributed by atoms with E-state index in [1.165, 1.54) is 0 Å². The summed E-state index contributed by atoms with van der Waals surface area (Å²) in [6, 6.07) is 7.98. The molecule has 0 fully saturated rings. The Morgan fingerprint density at radius 1 is 1.22 bits per heavy atom. The van der Waals surface area contributed by atoms with Gasteiger partial charge in [0.05, 0.1) is 6.33 Å². The molecule has 116 valence electrons. The Morgan fingerprint density at radius 2 is 2.17 bits per heavy atom. The molecule has 5 heteroatoms. The van der Waals surface area contributed by atoms with Crippen molar-refractivity contribution in [2.45, 2.75) is 32.1 Å². The van der Waals surface area contributed by atoms with E-state index in [2.05, 4.69) is 21.0 Å². The molecule has 2 aromatic heterocycles. The van der Waals surface area contributed by atoms with Gasteiger partial charge >= 0.3 is 0 Å². The summed E-state index contributed by atoms with van der Waals surface area (Å²) in [6.07, 6.45) is 15.4. The summed E-state index contributed by atoms with van der Waals surface area (Å²) in [5.74, 6) is 3.94. The van der Waals surface area contributed by atoms with Crippen LogP contribution in [0.1, 0.15) is 31.6 Å². The van der Waals surface area contributed by atoms with Gasteiger partial charge in [0.15, 0.2) is 0 Å². The van der Waals surface area contributed by atoms with Crippen LogP contribution in [0.5, 0.6) is 0 Å². The van der Waals surface area contributed by atoms with E-state index in [1.807, 2.05) is 35.0 Å². The smallest absolute Gasteiger partial charge is 0.226 e. The summed E-state index contributed by atoms with van der Waals surface area (Å²) in [5.41, 5.74) is 1.94. The normalized spacial score (nSPS) is 10.6. The molecule has 23 heavy (non-hydrogen) atoms. The van der Waals surface area contributed by atoms with Crippen LogP contribution in [0.2, 0.25) is 0 Å². The molecule has 0 radical (unpaired) electrons. The highest BCUT2D eigenvalue weighted by Gasteiger charge is 2.09. The highest BCUT2D eigenvalue weighted by atomic mass is 16.5. The van der Waals surface area contributed by atoms with Gasteiger partial charge in [-0.2, -0.15) is 4.98 Å². The van der Waals surface area contributed by atoms with Crippen molar-refractivity contribution in [3.05, 3.63) is 48.9 Å². The maximum atomic E-state index is 5.34. The van der Waals surface area contributed by atoms with Crippen LogP contribution in [-0.2, 0) is 6.42 Å². The fraction of sp³-hybridized carbons (Fsp3) is 0.278. The second-order valence-corrected chi connectivity index (χ2v) is 5.30. The van der Waals surface area contributed by atoms with E-state index in [0.717, 1.165) is 43.4 Å². The van der Waals surface area contributed by atoms with E-state index < -0.39 is 0 Å². The molecule has 1 aromatic carbocycles. The summed E-state index contributed by atoms with van der Waals surface area (Å²) in [7, 11) is 0. The molecule has 0 unspecified atom stereocenters. The van der Waals surface area contributed by atoms with Crippen molar-refractivity contribution in [1.82, 2.24) is 19.7 Å². The van der Waals surface area contributed by atoms with E-state index in [-0.39, 0.29) is 0 Å². The van der Waals surface area contributed by atoms with Gasteiger partial charge in [0.2, 0.25) is 11.7 Å². The summed E-state index contributed by atoms with van der Waals surface area (Å²) >= 11 is 0. The summed E-state index contributed by atoms with van der Waals surface area (Å²) in [4.78, 5) is 8.54. The standard InChI is InChI=1S/C18H18N4O/c1-2-3-4-5-6-10-17-20-18(21-23-17)15-8-7-9-16(13-15)22-12-11-19-14-22/h1,7-9,11-14H,3-6,10H2. The van der Waals surface area contributed by atoms with Gasteiger partial charge in [-0.05, 0) is 25.0 Å². The third-order valence-electron chi connectivity index (χ3n) is 3.59. The molecule has 0 aliphatic heterocycles. The second kappa shape index (κ2) is 7.41. The van der Waals surface area contributed by atoms with Gasteiger partial charge in [-0.15, -0.1) is 12.3 Å². The number of nitrogens with zero attached hydrogens (tertiary/aromatic N) is 4. The first-order valence-corrected chi connectivity index (χ1v) is 7.71. The van der Waals surface area contributed by atoms with E-state index in [4.69, 9.17) is 10.9 Å². The number of hydrogen-bond donors (Lipinski definition) is 0. The molecule has 0 amide bonds. The molecule has 3 rings (SSSR count). The lowest BCUT2D eigenvalue weighted by Crippen LogP contribution is -1.91. The summed E-state index contributed by atoms with van der Waals surface area (Å²) in [6.45, 7) is 0. The van der Waals surface area contributed by atoms with Crippen LogP contribution in [0.3, 0.4) is 0 Å². The van der Waals surface area contributed by atoms with Gasteiger partial charge in [0.25, 0.3) is 0 Å². The Morgan fingerprint density at radius 3 is 3.00 bits per heavy atom. The third-order valence-corrected chi connectivity index (χ3v) is 3.59. The van der Waals surface area contributed by atoms with Crippen molar-refractivity contribution >= 4 is 0 Å². The van der Waals surface area contributed by atoms with E-state index >= 15 is 0 Å². The van der Waals surface area contributed by atoms with Crippen LogP contribution >= 0.6 is 0 Å². The van der Waals surface area contributed by atoms with Crippen molar-refractivity contribution in [3.63, 3.8) is 0 Å². The maximum Gasteiger partial charge on any atom is 0.226 e. The summed E-state index contributed by atoms with van der Waals surface area (Å²) in [5, 5.41) is 4.08. The van der Waals surface area contributed by atoms with Crippen LogP contribution in [0.4, 0.5) is 0 Å². The van der Waals surface area contributed by atoms with E-state index in [0.29, 0.717) is 11.7 Å². The van der Waals surface area contributed by atoms with Crippen LogP contribution in [0.25, 0.3) is 17.1 Å². The minimum absolute atomic E-state index is 0.616. The number of hydrogen-bond acceptors (Lipinski definition) is 4. The van der Waals surface area contributed by atoms with Gasteiger partial charge in [-0.3, -0.25) is 0 Å². The van der Waals surface area contributed by atoms with Gasteiger partial charge in [0.1, 0.15) is 0 Å². The Hall–Kier alpha value is -2.87. The predicted molar refractivity (Wildman–Crippen MR) is 87.9 cm³/mol. The third kappa shape index (κ3) is 3.86. The molecule has 2 heterocycles. The lowest BCUT2D eigenvalue weighted by Gasteiger charge is -2.02. The number of imidazole rings is 1. The lowest BCUT2D eigenvalue weighted by atomic mass is 10.1. The van der Waals surface area contributed by atoms with Crippen LogP contribution < -0.4 is 0 Å². The zero-order valence-electron chi connectivity index (χ0n) is 12.9. The molecule has 5 nitrogen and oxygen atoms in total. The molecule has 3 aromatic rings. The zero-order chi connectivity index (χ0) is 15.9. The summed E-state index contributed by atoms with van der Waals surface area (Å²) < 4.78 is 7.28. The molecule has 0 N–H and O–H groups in total. The largest absolute Gasteiger partial charge is 0.339 e. The van der Waals surface area contributed by atoms with Crippen molar-refractivity contribution in [1.29, 1.82) is 0 Å². The van der Waals surface area contributed by atoms with Gasteiger partial charge < -0.3 is 9.09 Å². The fourth-order valence-corrected chi connectivity index (χ4v) is 2.37. The van der Waals surface area contributed by atoms with E-state index in [1.54, 1.807) is 12.5 Å². The molecular weight excluding hydrogens is 288 g/mol. The minimum Gasteiger partial charge on any atom is -0.339 e. The van der Waals surface area contributed by atoms with Crippen LogP contribution in [0, 0.1) is 12.3 Å². The maximum absolute atomic E-state index is 5.34. The molecule has 0 aliphatic carbocycles. The number of terminal acetylenes is 1. The SMILES string of the molecule is C#CCCCCCc1nc(-c2cccc(-n3ccnc3)c2)no1. The van der Waals surface area contributed by atoms with Gasteiger partial charge in [0, 0.05) is 36.5 Å². The molecule has 0 spiro atoms. The fourth-order valence-electron chi connectivity index (χ4n) is 2.37. The molecule has 0 saturated heterocycles. The Labute approximate surface area is 135 Å². The monoisotopic (exact) mass is 306 g/mol. The van der Waals surface area contributed by atoms with Crippen molar-refractivity contribution < 1.29 is 4.52 Å². The number of unbranched alkanes of at least 4 members (excludes halogenated alkanes) is 3. The Bertz CT molecular complexity index is 783. The van der Waals surface area contributed by atoms with Crippen molar-refractivity contribution in [2.24, 2.45) is 0 Å². The number of aryl methyl sites for hydroxylation is 1. The van der Waals surface area contributed by atoms with E-state index in [9.17, 15) is 0 Å². The molecule has 0 atom stereocenters. The quantitative estimate of drug-likeness (QED) is 0.494. The predicted octanol–water partition coefficient (Wildman–Crippen LogP) is 3.66. The average molecular weight is 306 g/mol. The Balaban J connectivity index is 1.66. The first-order valence-electron chi connectivity index (χ1n) is 7.71. The second-order valence-electron chi connectivity index (χ2n) is 5.30. The highest BCUT2D eigenvalue weighted by Crippen LogP contribution is 2.20. The average Bonchev–Trinajstić information content (AvgIpc) is 3.27. The number of benzene rings is 1. The molecule has 0 bridgehead atoms. The van der Waals surface area contributed by atoms with Crippen LogP contribution in [0.15, 0.2) is 47.5 Å². The number of aromatic nitrogens is 4. The van der Waals surface area contributed by atoms with Gasteiger partial charge in [-0.25, -0.2) is 4.98 Å². The minimum atomic E-state index is 0.616. The zero-order valence-corrected chi connectivity index (χ0v) is 12.9. The molecule has 0 saturated carbocycles. The van der Waals surface area contributed by atoms with Crippen molar-refractivity contribution in [2.75, 3.05) is 0 Å². The lowest BCUT2D eigenvalue weighted by molar-refractivity contribution is 0.374. The van der Waals surface area contributed by atoms with Gasteiger partial charge in [-0.1, -0.05) is 23.7 Å².